The first-order valence-corrected chi connectivity index (χ1v) is 6.46. The first-order valence-electron chi connectivity index (χ1n) is 6.46. The quantitative estimate of drug-likeness (QED) is 0.824. The molecule has 2 aromatic heterocycles. The first kappa shape index (κ1) is 14.0. The molecule has 0 saturated carbocycles. The zero-order valence-corrected chi connectivity index (χ0v) is 11.6. The van der Waals surface area contributed by atoms with Crippen molar-refractivity contribution in [2.45, 2.75) is 26.8 Å². The van der Waals surface area contributed by atoms with Crippen LogP contribution in [-0.2, 0) is 6.54 Å². The van der Waals surface area contributed by atoms with Crippen LogP contribution < -0.4 is 15.8 Å². The Balaban J connectivity index is 2.05. The molecule has 0 atom stereocenters. The van der Waals surface area contributed by atoms with Gasteiger partial charge in [0.25, 0.3) is 0 Å². The van der Waals surface area contributed by atoms with Gasteiger partial charge in [-0.1, -0.05) is 6.92 Å². The molecule has 0 fully saturated rings. The monoisotopic (exact) mass is 274 g/mol. The van der Waals surface area contributed by atoms with E-state index in [0.717, 1.165) is 17.5 Å². The molecule has 106 valence electrons. The molecule has 0 aliphatic rings. The zero-order chi connectivity index (χ0) is 14.4. The molecule has 0 aliphatic heterocycles. The molecule has 7 nitrogen and oxygen atoms in total. The third kappa shape index (κ3) is 3.78. The summed E-state index contributed by atoms with van der Waals surface area (Å²) in [6.45, 7) is 5.15. The Morgan fingerprint density at radius 1 is 1.30 bits per heavy atom. The highest BCUT2D eigenvalue weighted by Gasteiger charge is 2.06. The van der Waals surface area contributed by atoms with Crippen molar-refractivity contribution in [2.75, 3.05) is 17.7 Å². The standard InChI is InChI=1S/C13H18N6O/c1-3-6-20-13-18-11(14)17-12(19-13)16-8-10-4-5-15-7-9(10)2/h4-5,7H,3,6,8H2,1-2H3,(H3,14,16,17,18,19). The smallest absolute Gasteiger partial charge is 0.323 e. The van der Waals surface area contributed by atoms with Gasteiger partial charge >= 0.3 is 6.01 Å². The molecule has 3 N–H and O–H groups in total. The number of rotatable bonds is 6. The molecular weight excluding hydrogens is 256 g/mol. The molecule has 0 bridgehead atoms. The van der Waals surface area contributed by atoms with E-state index in [9.17, 15) is 0 Å². The van der Waals surface area contributed by atoms with Crippen LogP contribution in [-0.4, -0.2) is 26.5 Å². The van der Waals surface area contributed by atoms with E-state index in [0.29, 0.717) is 19.1 Å². The van der Waals surface area contributed by atoms with Gasteiger partial charge in [-0.2, -0.15) is 15.0 Å². The maximum absolute atomic E-state index is 5.64. The Hall–Kier alpha value is -2.44. The highest BCUT2D eigenvalue weighted by atomic mass is 16.5. The number of hydrogen-bond donors (Lipinski definition) is 2. The van der Waals surface area contributed by atoms with Crippen LogP contribution in [0.15, 0.2) is 18.5 Å². The summed E-state index contributed by atoms with van der Waals surface area (Å²) in [6, 6.07) is 2.19. The van der Waals surface area contributed by atoms with Gasteiger partial charge in [0.2, 0.25) is 11.9 Å². The fourth-order valence-corrected chi connectivity index (χ4v) is 1.58. The van der Waals surface area contributed by atoms with Crippen molar-refractivity contribution in [3.63, 3.8) is 0 Å². The van der Waals surface area contributed by atoms with Gasteiger partial charge in [0.05, 0.1) is 6.61 Å². The van der Waals surface area contributed by atoms with Gasteiger partial charge < -0.3 is 15.8 Å². The lowest BCUT2D eigenvalue weighted by Gasteiger charge is -2.09. The number of nitrogen functional groups attached to an aromatic ring is 1. The van der Waals surface area contributed by atoms with E-state index in [2.05, 4.69) is 25.3 Å². The Labute approximate surface area is 117 Å². The maximum atomic E-state index is 5.64. The van der Waals surface area contributed by atoms with Gasteiger partial charge in [0, 0.05) is 18.9 Å². The summed E-state index contributed by atoms with van der Waals surface area (Å²) in [5.41, 5.74) is 7.86. The van der Waals surface area contributed by atoms with Crippen LogP contribution in [0.1, 0.15) is 24.5 Å². The van der Waals surface area contributed by atoms with Crippen molar-refractivity contribution in [1.29, 1.82) is 0 Å². The second kappa shape index (κ2) is 6.65. The lowest BCUT2D eigenvalue weighted by molar-refractivity contribution is 0.292. The van der Waals surface area contributed by atoms with Gasteiger partial charge in [0.1, 0.15) is 0 Å². The minimum absolute atomic E-state index is 0.139. The number of nitrogens with zero attached hydrogens (tertiary/aromatic N) is 4. The molecule has 2 rings (SSSR count). The number of nitrogens with two attached hydrogens (primary N) is 1. The molecule has 2 aromatic rings. The van der Waals surface area contributed by atoms with Gasteiger partial charge in [0.15, 0.2) is 0 Å². The first-order chi connectivity index (χ1) is 9.69. The van der Waals surface area contributed by atoms with Crippen LogP contribution in [0.25, 0.3) is 0 Å². The predicted octanol–water partition coefficient (Wildman–Crippen LogP) is 1.56. The summed E-state index contributed by atoms with van der Waals surface area (Å²) < 4.78 is 5.36. The molecule has 7 heteroatoms. The normalized spacial score (nSPS) is 10.3. The summed E-state index contributed by atoms with van der Waals surface area (Å²) >= 11 is 0. The Bertz CT molecular complexity index is 575. The Morgan fingerprint density at radius 2 is 2.15 bits per heavy atom. The summed E-state index contributed by atoms with van der Waals surface area (Å²) in [6.07, 6.45) is 4.45. The SMILES string of the molecule is CCCOc1nc(N)nc(NCc2ccncc2C)n1. The number of aromatic nitrogens is 4. The van der Waals surface area contributed by atoms with E-state index in [1.165, 1.54) is 0 Å². The number of anilines is 2. The molecule has 0 radical (unpaired) electrons. The van der Waals surface area contributed by atoms with Crippen LogP contribution >= 0.6 is 0 Å². The van der Waals surface area contributed by atoms with Gasteiger partial charge in [-0.05, 0) is 30.5 Å². The number of pyridine rings is 1. The van der Waals surface area contributed by atoms with Crippen LogP contribution in [0, 0.1) is 6.92 Å². The fourth-order valence-electron chi connectivity index (χ4n) is 1.58. The number of ether oxygens (including phenoxy) is 1. The fraction of sp³-hybridized carbons (Fsp3) is 0.385. The Morgan fingerprint density at radius 3 is 2.90 bits per heavy atom. The van der Waals surface area contributed by atoms with Crippen molar-refractivity contribution in [3.8, 4) is 6.01 Å². The Kier molecular flexibility index (Phi) is 4.65. The second-order valence-electron chi connectivity index (χ2n) is 4.30. The summed E-state index contributed by atoms with van der Waals surface area (Å²) in [7, 11) is 0. The third-order valence-electron chi connectivity index (χ3n) is 2.64. The highest BCUT2D eigenvalue weighted by molar-refractivity contribution is 5.34. The van der Waals surface area contributed by atoms with E-state index >= 15 is 0 Å². The molecular formula is C13H18N6O. The van der Waals surface area contributed by atoms with E-state index in [1.807, 2.05) is 26.1 Å². The molecule has 0 unspecified atom stereocenters. The minimum Gasteiger partial charge on any atom is -0.463 e. The van der Waals surface area contributed by atoms with Gasteiger partial charge in [-0.15, -0.1) is 0 Å². The summed E-state index contributed by atoms with van der Waals surface area (Å²) in [5.74, 6) is 0.542. The maximum Gasteiger partial charge on any atom is 0.323 e. The van der Waals surface area contributed by atoms with Gasteiger partial charge in [-0.25, -0.2) is 0 Å². The molecule has 0 aliphatic carbocycles. The predicted molar refractivity (Wildman–Crippen MR) is 76.3 cm³/mol. The van der Waals surface area contributed by atoms with E-state index in [4.69, 9.17) is 10.5 Å². The lowest BCUT2D eigenvalue weighted by atomic mass is 10.1. The summed E-state index contributed by atoms with van der Waals surface area (Å²) in [5, 5.41) is 3.11. The molecule has 2 heterocycles. The lowest BCUT2D eigenvalue weighted by Crippen LogP contribution is -2.10. The van der Waals surface area contributed by atoms with Crippen LogP contribution in [0.4, 0.5) is 11.9 Å². The molecule has 0 spiro atoms. The van der Waals surface area contributed by atoms with E-state index < -0.39 is 0 Å². The number of nitrogens with one attached hydrogen (secondary N) is 1. The van der Waals surface area contributed by atoms with Crippen molar-refractivity contribution in [3.05, 3.63) is 29.6 Å². The average molecular weight is 274 g/mol. The van der Waals surface area contributed by atoms with Crippen LogP contribution in [0.3, 0.4) is 0 Å². The van der Waals surface area contributed by atoms with Crippen molar-refractivity contribution >= 4 is 11.9 Å². The molecule has 0 saturated heterocycles. The van der Waals surface area contributed by atoms with Gasteiger partial charge in [-0.3, -0.25) is 4.98 Å². The topological polar surface area (TPSA) is 98.8 Å². The van der Waals surface area contributed by atoms with Crippen molar-refractivity contribution in [2.24, 2.45) is 0 Å². The van der Waals surface area contributed by atoms with Crippen molar-refractivity contribution in [1.82, 2.24) is 19.9 Å². The minimum atomic E-state index is 0.139. The molecule has 0 amide bonds. The van der Waals surface area contributed by atoms with Crippen molar-refractivity contribution < 1.29 is 4.74 Å². The van der Waals surface area contributed by atoms with Crippen LogP contribution in [0.5, 0.6) is 6.01 Å². The van der Waals surface area contributed by atoms with Crippen LogP contribution in [0.2, 0.25) is 0 Å². The van der Waals surface area contributed by atoms with E-state index in [-0.39, 0.29) is 12.0 Å². The molecule has 20 heavy (non-hydrogen) atoms. The number of hydrogen-bond acceptors (Lipinski definition) is 7. The molecule has 0 aromatic carbocycles. The highest BCUT2D eigenvalue weighted by Crippen LogP contribution is 2.11. The summed E-state index contributed by atoms with van der Waals surface area (Å²) in [4.78, 5) is 16.2. The van der Waals surface area contributed by atoms with E-state index in [1.54, 1.807) is 6.20 Å². The second-order valence-corrected chi connectivity index (χ2v) is 4.30. The zero-order valence-electron chi connectivity index (χ0n) is 11.6. The third-order valence-corrected chi connectivity index (χ3v) is 2.64. The average Bonchev–Trinajstić information content (AvgIpc) is 2.44. The largest absolute Gasteiger partial charge is 0.463 e. The number of aryl methyl sites for hydroxylation is 1.